The molecular formula is C17H24N6OS. The summed E-state index contributed by atoms with van der Waals surface area (Å²) < 4.78 is 0. The maximum atomic E-state index is 12.2. The Morgan fingerprint density at radius 2 is 1.92 bits per heavy atom. The Morgan fingerprint density at radius 3 is 2.64 bits per heavy atom. The topological polar surface area (TPSA) is 73.4 Å². The number of nitrogens with one attached hydrogen (secondary N) is 2. The fourth-order valence-electron chi connectivity index (χ4n) is 2.79. The minimum absolute atomic E-state index is 0.0740. The normalized spacial score (nSPS) is 17.2. The summed E-state index contributed by atoms with van der Waals surface area (Å²) >= 11 is 1.37. The number of urea groups is 1. The van der Waals surface area contributed by atoms with Crippen LogP contribution in [-0.4, -0.2) is 71.8 Å². The number of piperazine rings is 1. The van der Waals surface area contributed by atoms with Gasteiger partial charge >= 0.3 is 6.03 Å². The molecule has 8 heteroatoms. The number of hydrogen-bond acceptors (Lipinski definition) is 6. The number of amides is 2. The number of carbonyl (C=O) groups excluding carboxylic acids is 1. The molecule has 134 valence electrons. The van der Waals surface area contributed by atoms with E-state index in [1.807, 2.05) is 37.3 Å². The van der Waals surface area contributed by atoms with E-state index in [0.29, 0.717) is 5.13 Å². The monoisotopic (exact) mass is 360 g/mol. The molecule has 0 radical (unpaired) electrons. The number of nitrogens with zero attached hydrogens (tertiary/aromatic N) is 4. The van der Waals surface area contributed by atoms with Crippen LogP contribution in [0.2, 0.25) is 0 Å². The molecule has 2 heterocycles. The second-order valence-corrected chi connectivity index (χ2v) is 7.36. The van der Waals surface area contributed by atoms with Crippen LogP contribution in [0, 0.1) is 0 Å². The van der Waals surface area contributed by atoms with Gasteiger partial charge in [-0.25, -0.2) is 4.79 Å². The summed E-state index contributed by atoms with van der Waals surface area (Å²) in [4.78, 5) is 16.9. The molecule has 1 saturated heterocycles. The van der Waals surface area contributed by atoms with Crippen LogP contribution in [0.1, 0.15) is 6.92 Å². The number of hydrogen-bond donors (Lipinski definition) is 2. The van der Waals surface area contributed by atoms with Crippen molar-refractivity contribution in [3.63, 3.8) is 0 Å². The molecule has 2 N–H and O–H groups in total. The molecule has 1 unspecified atom stereocenters. The summed E-state index contributed by atoms with van der Waals surface area (Å²) in [7, 11) is 2.14. The van der Waals surface area contributed by atoms with Gasteiger partial charge in [-0.1, -0.05) is 41.7 Å². The fraction of sp³-hybridized carbons (Fsp3) is 0.471. The number of likely N-dealkylation sites (N-methyl/N-ethyl adjacent to an activating group) is 1. The molecule has 1 aliphatic rings. The molecule has 0 aliphatic carbocycles. The first-order valence-corrected chi connectivity index (χ1v) is 9.29. The van der Waals surface area contributed by atoms with E-state index in [1.165, 1.54) is 11.3 Å². The predicted molar refractivity (Wildman–Crippen MR) is 101 cm³/mol. The van der Waals surface area contributed by atoms with Crippen LogP contribution in [0.25, 0.3) is 10.6 Å². The minimum Gasteiger partial charge on any atom is -0.334 e. The van der Waals surface area contributed by atoms with E-state index < -0.39 is 0 Å². The molecular weight excluding hydrogens is 336 g/mol. The summed E-state index contributed by atoms with van der Waals surface area (Å²) in [5.41, 5.74) is 0.997. The lowest BCUT2D eigenvalue weighted by atomic mass is 10.2. The zero-order valence-corrected chi connectivity index (χ0v) is 15.4. The standard InChI is InChI=1S/C17H24N6OS/c1-13(12-23-10-8-22(2)9-11-23)18-16(24)19-17-21-20-15(25-17)14-6-4-3-5-7-14/h3-7,13H,8-12H2,1-2H3,(H2,18,19,21,24). The largest absolute Gasteiger partial charge is 0.334 e. The molecule has 1 aromatic carbocycles. The van der Waals surface area contributed by atoms with Crippen molar-refractivity contribution in [2.45, 2.75) is 13.0 Å². The van der Waals surface area contributed by atoms with Gasteiger partial charge in [0.2, 0.25) is 5.13 Å². The minimum atomic E-state index is -0.239. The fourth-order valence-corrected chi connectivity index (χ4v) is 3.54. The van der Waals surface area contributed by atoms with Gasteiger partial charge in [-0.15, -0.1) is 10.2 Å². The van der Waals surface area contributed by atoms with Crippen molar-refractivity contribution < 1.29 is 4.79 Å². The van der Waals surface area contributed by atoms with Crippen LogP contribution >= 0.6 is 11.3 Å². The summed E-state index contributed by atoms with van der Waals surface area (Å²) in [6.45, 7) is 7.11. The predicted octanol–water partition coefficient (Wildman–Crippen LogP) is 1.96. The van der Waals surface area contributed by atoms with Crippen LogP contribution in [0.15, 0.2) is 30.3 Å². The quantitative estimate of drug-likeness (QED) is 0.853. The summed E-state index contributed by atoms with van der Waals surface area (Å²) in [6, 6.07) is 9.65. The molecule has 1 aromatic heterocycles. The zero-order chi connectivity index (χ0) is 17.6. The van der Waals surface area contributed by atoms with Crippen LogP contribution in [0.4, 0.5) is 9.93 Å². The maximum absolute atomic E-state index is 12.2. The maximum Gasteiger partial charge on any atom is 0.321 e. The van der Waals surface area contributed by atoms with Crippen LogP contribution in [0.3, 0.4) is 0 Å². The van der Waals surface area contributed by atoms with E-state index in [0.717, 1.165) is 43.3 Å². The van der Waals surface area contributed by atoms with Gasteiger partial charge in [-0.05, 0) is 14.0 Å². The number of benzene rings is 1. The van der Waals surface area contributed by atoms with Crippen LogP contribution < -0.4 is 10.6 Å². The van der Waals surface area contributed by atoms with Gasteiger partial charge in [0.1, 0.15) is 5.01 Å². The molecule has 7 nitrogen and oxygen atoms in total. The van der Waals surface area contributed by atoms with Crippen molar-refractivity contribution in [1.82, 2.24) is 25.3 Å². The van der Waals surface area contributed by atoms with Crippen LogP contribution in [0.5, 0.6) is 0 Å². The molecule has 1 aliphatic heterocycles. The Kier molecular flexibility index (Phi) is 5.95. The lowest BCUT2D eigenvalue weighted by Crippen LogP contribution is -2.50. The molecule has 25 heavy (non-hydrogen) atoms. The highest BCUT2D eigenvalue weighted by atomic mass is 32.1. The van der Waals surface area contributed by atoms with Gasteiger partial charge in [0.05, 0.1) is 0 Å². The highest BCUT2D eigenvalue weighted by Gasteiger charge is 2.17. The molecule has 0 bridgehead atoms. The number of rotatable bonds is 5. The molecule has 0 saturated carbocycles. The molecule has 1 fully saturated rings. The second-order valence-electron chi connectivity index (χ2n) is 6.38. The Balaban J connectivity index is 1.47. The van der Waals surface area contributed by atoms with Gasteiger partial charge in [-0.3, -0.25) is 10.2 Å². The highest BCUT2D eigenvalue weighted by Crippen LogP contribution is 2.25. The summed E-state index contributed by atoms with van der Waals surface area (Å²) in [6.07, 6.45) is 0. The van der Waals surface area contributed by atoms with Gasteiger partial charge in [0.15, 0.2) is 0 Å². The first kappa shape index (κ1) is 17.8. The van der Waals surface area contributed by atoms with Gasteiger partial charge in [0, 0.05) is 44.3 Å². The average molecular weight is 360 g/mol. The third kappa shape index (κ3) is 5.22. The Hall–Kier alpha value is -2.03. The molecule has 0 spiro atoms. The van der Waals surface area contributed by atoms with E-state index in [1.54, 1.807) is 0 Å². The van der Waals surface area contributed by atoms with E-state index >= 15 is 0 Å². The smallest absolute Gasteiger partial charge is 0.321 e. The lowest BCUT2D eigenvalue weighted by molar-refractivity contribution is 0.145. The molecule has 1 atom stereocenters. The average Bonchev–Trinajstić information content (AvgIpc) is 3.06. The Morgan fingerprint density at radius 1 is 1.20 bits per heavy atom. The molecule has 2 amide bonds. The van der Waals surface area contributed by atoms with E-state index in [2.05, 4.69) is 37.7 Å². The van der Waals surface area contributed by atoms with Crippen molar-refractivity contribution in [1.29, 1.82) is 0 Å². The van der Waals surface area contributed by atoms with E-state index in [4.69, 9.17) is 0 Å². The van der Waals surface area contributed by atoms with Crippen molar-refractivity contribution >= 4 is 22.5 Å². The number of carbonyl (C=O) groups is 1. The van der Waals surface area contributed by atoms with E-state index in [9.17, 15) is 4.79 Å². The van der Waals surface area contributed by atoms with E-state index in [-0.39, 0.29) is 12.1 Å². The molecule has 2 aromatic rings. The van der Waals surface area contributed by atoms with Crippen LogP contribution in [-0.2, 0) is 0 Å². The third-order valence-electron chi connectivity index (χ3n) is 4.17. The van der Waals surface area contributed by atoms with Gasteiger partial charge < -0.3 is 10.2 Å². The lowest BCUT2D eigenvalue weighted by Gasteiger charge is -2.33. The third-order valence-corrected chi connectivity index (χ3v) is 5.06. The van der Waals surface area contributed by atoms with Crippen molar-refractivity contribution in [2.24, 2.45) is 0 Å². The summed E-state index contributed by atoms with van der Waals surface area (Å²) in [5, 5.41) is 15.2. The molecule has 3 rings (SSSR count). The Bertz CT molecular complexity index is 683. The highest BCUT2D eigenvalue weighted by molar-refractivity contribution is 7.18. The van der Waals surface area contributed by atoms with Crippen molar-refractivity contribution in [2.75, 3.05) is 45.1 Å². The zero-order valence-electron chi connectivity index (χ0n) is 14.6. The first-order chi connectivity index (χ1) is 12.1. The van der Waals surface area contributed by atoms with Gasteiger partial charge in [-0.2, -0.15) is 0 Å². The second kappa shape index (κ2) is 8.37. The van der Waals surface area contributed by atoms with Crippen molar-refractivity contribution in [3.8, 4) is 10.6 Å². The van der Waals surface area contributed by atoms with Gasteiger partial charge in [0.25, 0.3) is 0 Å². The SMILES string of the molecule is CC(CN1CCN(C)CC1)NC(=O)Nc1nnc(-c2ccccc2)s1. The Labute approximate surface area is 152 Å². The summed E-state index contributed by atoms with van der Waals surface area (Å²) in [5.74, 6) is 0. The number of anilines is 1. The number of aromatic nitrogens is 2. The van der Waals surface area contributed by atoms with Crippen molar-refractivity contribution in [3.05, 3.63) is 30.3 Å². The first-order valence-electron chi connectivity index (χ1n) is 8.47.